The van der Waals surface area contributed by atoms with E-state index in [1.807, 2.05) is 78.9 Å². The highest BCUT2D eigenvalue weighted by atomic mass is 79.9. The number of hydrogen-bond donors (Lipinski definition) is 2. The van der Waals surface area contributed by atoms with E-state index in [0.717, 1.165) is 26.6 Å². The molecule has 59 heavy (non-hydrogen) atoms. The van der Waals surface area contributed by atoms with Gasteiger partial charge >= 0.3 is 11.9 Å². The fourth-order valence-electron chi connectivity index (χ4n) is 6.48. The van der Waals surface area contributed by atoms with Gasteiger partial charge in [0.2, 0.25) is 11.2 Å². The summed E-state index contributed by atoms with van der Waals surface area (Å²) >= 11 is 3.44. The molecule has 4 aromatic carbocycles. The molecular formula is C44H39BrN6O8. The number of carbonyl (C=O) groups excluding carboxylic acids is 4. The summed E-state index contributed by atoms with van der Waals surface area (Å²) in [7, 11) is 5.94. The van der Waals surface area contributed by atoms with Crippen LogP contribution >= 0.6 is 15.9 Å². The lowest BCUT2D eigenvalue weighted by molar-refractivity contribution is -0.138. The number of methoxy groups -OCH3 is 2. The van der Waals surface area contributed by atoms with Crippen LogP contribution in [0.1, 0.15) is 39.4 Å². The van der Waals surface area contributed by atoms with Gasteiger partial charge in [0.05, 0.1) is 36.6 Å². The van der Waals surface area contributed by atoms with Crippen LogP contribution in [-0.4, -0.2) is 116 Å². The number of aromatic nitrogens is 4. The molecule has 0 spiro atoms. The molecule has 8 rings (SSSR count). The van der Waals surface area contributed by atoms with E-state index in [1.165, 1.54) is 24.0 Å². The number of halogens is 1. The van der Waals surface area contributed by atoms with Gasteiger partial charge in [-0.25, -0.2) is 19.0 Å². The summed E-state index contributed by atoms with van der Waals surface area (Å²) in [5.41, 5.74) is 1.20. The summed E-state index contributed by atoms with van der Waals surface area (Å²) in [6.07, 6.45) is 5.60. The Morgan fingerprint density at radius 1 is 0.712 bits per heavy atom. The number of para-hydroxylation sites is 2. The molecular weight excluding hydrogens is 820 g/mol. The summed E-state index contributed by atoms with van der Waals surface area (Å²) in [4.78, 5) is 49.9. The lowest BCUT2D eigenvalue weighted by Gasteiger charge is -2.13. The molecule has 6 aromatic rings. The van der Waals surface area contributed by atoms with Gasteiger partial charge in [0.1, 0.15) is 0 Å². The third-order valence-corrected chi connectivity index (χ3v) is 10.2. The molecule has 15 heteroatoms. The molecule has 2 saturated heterocycles. The van der Waals surface area contributed by atoms with Crippen molar-refractivity contribution in [3.05, 3.63) is 118 Å². The highest BCUT2D eigenvalue weighted by Crippen LogP contribution is 2.26. The Bertz CT molecular complexity index is 2710. The predicted molar refractivity (Wildman–Crippen MR) is 223 cm³/mol. The van der Waals surface area contributed by atoms with Crippen molar-refractivity contribution in [1.29, 1.82) is 0 Å². The smallest absolute Gasteiger partial charge is 0.359 e. The monoisotopic (exact) mass is 858 g/mol. The van der Waals surface area contributed by atoms with E-state index in [9.17, 15) is 29.4 Å². The van der Waals surface area contributed by atoms with Crippen molar-refractivity contribution < 1.29 is 38.9 Å². The first-order valence-corrected chi connectivity index (χ1v) is 19.0. The van der Waals surface area contributed by atoms with E-state index in [2.05, 4.69) is 43.9 Å². The molecule has 2 aromatic heterocycles. The summed E-state index contributed by atoms with van der Waals surface area (Å²) < 4.78 is 14.0. The van der Waals surface area contributed by atoms with Crippen LogP contribution in [0, 0.1) is 24.2 Å². The Kier molecular flexibility index (Phi) is 12.3. The number of fused-ring (bicyclic) bond motifs is 2. The molecule has 2 atom stereocenters. The van der Waals surface area contributed by atoms with Gasteiger partial charge in [-0.15, -0.1) is 6.42 Å². The van der Waals surface area contributed by atoms with Crippen LogP contribution in [0.25, 0.3) is 33.2 Å². The largest absolute Gasteiger partial charge is 0.464 e. The van der Waals surface area contributed by atoms with Crippen LogP contribution in [0.15, 0.2) is 102 Å². The number of terminal acetylenes is 1. The number of aliphatic hydroxyl groups is 2. The molecule has 0 radical (unpaired) electrons. The SMILES string of the molecule is C#C[C@@]1(O)CCN(C)C1=O.COC(=O)c1nn(-c2cccc(Br)c2)c2ccccc12.COC(=O)c1nn(-c2cccc(C#C[C@@]3(O)CCN(C)C3=O)c2)c2ccccc12. The van der Waals surface area contributed by atoms with Crippen LogP contribution in [0.2, 0.25) is 0 Å². The van der Waals surface area contributed by atoms with Crippen molar-refractivity contribution in [2.45, 2.75) is 24.0 Å². The second kappa shape index (κ2) is 17.4. The molecule has 0 unspecified atom stereocenters. The Balaban J connectivity index is 0.000000168. The van der Waals surface area contributed by atoms with Gasteiger partial charge in [-0.05, 0) is 48.5 Å². The molecule has 4 heterocycles. The first kappa shape index (κ1) is 41.8. The van der Waals surface area contributed by atoms with Crippen molar-refractivity contribution in [2.75, 3.05) is 41.4 Å². The lowest BCUT2D eigenvalue weighted by atomic mass is 10.0. The predicted octanol–water partition coefficient (Wildman–Crippen LogP) is 4.54. The van der Waals surface area contributed by atoms with Crippen molar-refractivity contribution in [3.63, 3.8) is 0 Å². The van der Waals surface area contributed by atoms with E-state index in [4.69, 9.17) is 15.9 Å². The Morgan fingerprint density at radius 3 is 1.63 bits per heavy atom. The molecule has 2 aliphatic heterocycles. The van der Waals surface area contributed by atoms with Crippen LogP contribution in [0.4, 0.5) is 0 Å². The van der Waals surface area contributed by atoms with Gasteiger partial charge in [-0.2, -0.15) is 10.2 Å². The Morgan fingerprint density at radius 2 is 1.19 bits per heavy atom. The van der Waals surface area contributed by atoms with Gasteiger partial charge in [0, 0.05) is 60.8 Å². The molecule has 0 saturated carbocycles. The maximum absolute atomic E-state index is 12.1. The van der Waals surface area contributed by atoms with Crippen molar-refractivity contribution in [2.24, 2.45) is 0 Å². The van der Waals surface area contributed by atoms with Crippen molar-refractivity contribution in [1.82, 2.24) is 29.4 Å². The van der Waals surface area contributed by atoms with E-state index in [0.29, 0.717) is 41.8 Å². The molecule has 2 fully saturated rings. The Hall–Kier alpha value is -6.78. The van der Waals surface area contributed by atoms with Gasteiger partial charge in [-0.3, -0.25) is 9.59 Å². The number of likely N-dealkylation sites (N-methyl/N-ethyl adjacent to an activating group) is 2. The summed E-state index contributed by atoms with van der Waals surface area (Å²) in [5.74, 6) is 5.99. The van der Waals surface area contributed by atoms with Crippen LogP contribution in [0.3, 0.4) is 0 Å². The third kappa shape index (κ3) is 8.59. The average Bonchev–Trinajstić information content (AvgIpc) is 3.99. The molecule has 300 valence electrons. The normalized spacial score (nSPS) is 18.3. The molecule has 2 aliphatic rings. The molecule has 0 aliphatic carbocycles. The topological polar surface area (TPSA) is 169 Å². The summed E-state index contributed by atoms with van der Waals surface area (Å²) in [5, 5.41) is 30.1. The van der Waals surface area contributed by atoms with Crippen LogP contribution < -0.4 is 0 Å². The average molecular weight is 860 g/mol. The summed E-state index contributed by atoms with van der Waals surface area (Å²) in [6.45, 7) is 1.01. The number of likely N-dealkylation sites (tertiary alicyclic amines) is 2. The van der Waals surface area contributed by atoms with Crippen molar-refractivity contribution >= 4 is 61.5 Å². The molecule has 2 amide bonds. The maximum Gasteiger partial charge on any atom is 0.359 e. The number of hydrogen-bond acceptors (Lipinski definition) is 10. The highest BCUT2D eigenvalue weighted by Gasteiger charge is 2.43. The second-order valence-electron chi connectivity index (χ2n) is 13.6. The number of nitrogens with zero attached hydrogens (tertiary/aromatic N) is 6. The number of benzene rings is 4. The van der Waals surface area contributed by atoms with Crippen molar-refractivity contribution in [3.8, 4) is 35.6 Å². The quantitative estimate of drug-likeness (QED) is 0.190. The number of esters is 2. The lowest BCUT2D eigenvalue weighted by Crippen LogP contribution is -2.37. The number of amides is 2. The molecule has 0 bridgehead atoms. The zero-order valence-corrected chi connectivity index (χ0v) is 34.1. The fraction of sp³-hybridized carbons (Fsp3) is 0.227. The first-order valence-electron chi connectivity index (χ1n) is 18.2. The minimum Gasteiger partial charge on any atom is -0.464 e. The van der Waals surface area contributed by atoms with Crippen LogP contribution in [0.5, 0.6) is 0 Å². The third-order valence-electron chi connectivity index (χ3n) is 9.75. The van der Waals surface area contributed by atoms with E-state index >= 15 is 0 Å². The van der Waals surface area contributed by atoms with Gasteiger partial charge < -0.3 is 29.5 Å². The minimum atomic E-state index is -1.65. The van der Waals surface area contributed by atoms with Gasteiger partial charge in [-0.1, -0.05) is 82.2 Å². The first-order chi connectivity index (χ1) is 28.2. The standard InChI is InChI=1S/C22H19N3O4.C15H11BrN2O2.C7H9NO2/c1-24-13-12-22(28,21(24)27)11-10-15-6-5-7-16(14-15)25-18-9-4-3-8-17(18)19(23-25)20(26)29-2;1-20-15(19)14-12-7-2-3-8-13(12)18(17-14)11-6-4-5-10(16)9-11;1-3-7(10)4-5-8(2)6(7)9/h3-9,14,28H,12-13H2,1-2H3;2-9H,1H3;1,10H,4-5H2,2H3/t22-;;7-/m1.1/s1. The zero-order valence-electron chi connectivity index (χ0n) is 32.5. The maximum atomic E-state index is 12.1. The molecule has 14 nitrogen and oxygen atoms in total. The van der Waals surface area contributed by atoms with E-state index in [-0.39, 0.29) is 23.9 Å². The van der Waals surface area contributed by atoms with Crippen LogP contribution in [-0.2, 0) is 19.1 Å². The van der Waals surface area contributed by atoms with E-state index < -0.39 is 23.1 Å². The zero-order chi connectivity index (χ0) is 42.5. The number of rotatable bonds is 4. The number of carbonyl (C=O) groups is 4. The summed E-state index contributed by atoms with van der Waals surface area (Å²) in [6, 6.07) is 29.9. The van der Waals surface area contributed by atoms with E-state index in [1.54, 1.807) is 41.7 Å². The second-order valence-corrected chi connectivity index (χ2v) is 14.6. The minimum absolute atomic E-state index is 0.230. The number of ether oxygens (including phenoxy) is 2. The Labute approximate surface area is 348 Å². The van der Waals surface area contributed by atoms with Gasteiger partial charge in [0.15, 0.2) is 11.4 Å². The fourth-order valence-corrected chi connectivity index (χ4v) is 6.86. The molecule has 2 N–H and O–H groups in total. The van der Waals surface area contributed by atoms with Gasteiger partial charge in [0.25, 0.3) is 11.8 Å². The highest BCUT2D eigenvalue weighted by molar-refractivity contribution is 9.10.